The monoisotopic (exact) mass is 98.1 g/mol. The first kappa shape index (κ1) is 3.90. The molecular weight excluding hydrogens is 88.1 g/mol. The molecule has 1 nitrogen and oxygen atoms in total. The molecule has 1 heteroatoms. The van der Waals surface area contributed by atoms with Crippen molar-refractivity contribution in [3.63, 3.8) is 0 Å². The van der Waals surface area contributed by atoms with E-state index in [0.29, 0.717) is 5.41 Å². The Morgan fingerprint density at radius 3 is 2.14 bits per heavy atom. The molecule has 0 aromatic heterocycles. The van der Waals surface area contributed by atoms with E-state index in [9.17, 15) is 0 Å². The third-order valence-corrected chi connectivity index (χ3v) is 2.58. The summed E-state index contributed by atoms with van der Waals surface area (Å²) in [6.07, 6.45) is 2.60. The predicted molar refractivity (Wildman–Crippen MR) is 26.8 cm³/mol. The van der Waals surface area contributed by atoms with Crippen molar-refractivity contribution < 1.29 is 5.11 Å². The second-order valence-electron chi connectivity index (χ2n) is 3.01. The second kappa shape index (κ2) is 0.752. The zero-order valence-corrected chi connectivity index (χ0v) is 4.52. The summed E-state index contributed by atoms with van der Waals surface area (Å²) in [7, 11) is 0. The van der Waals surface area contributed by atoms with Crippen molar-refractivity contribution in [2.24, 2.45) is 11.3 Å². The maximum absolute atomic E-state index is 8.99. The molecule has 2 saturated carbocycles. The van der Waals surface area contributed by atoms with Gasteiger partial charge in [0.15, 0.2) is 0 Å². The number of aliphatic hydroxyl groups excluding tert-OH is 1. The maximum atomic E-state index is 8.99. The van der Waals surface area contributed by atoms with E-state index in [-0.39, 0.29) is 6.10 Å². The van der Waals surface area contributed by atoms with Crippen molar-refractivity contribution in [3.05, 3.63) is 0 Å². The molecule has 0 aromatic rings. The third kappa shape index (κ3) is 0.290. The highest BCUT2D eigenvalue weighted by atomic mass is 16.3. The summed E-state index contributed by atoms with van der Waals surface area (Å²) in [5.74, 6) is 0.937. The summed E-state index contributed by atoms with van der Waals surface area (Å²) < 4.78 is 0. The number of hydrogen-bond donors (Lipinski definition) is 1. The van der Waals surface area contributed by atoms with Gasteiger partial charge < -0.3 is 5.11 Å². The van der Waals surface area contributed by atoms with Crippen molar-refractivity contribution in [1.29, 1.82) is 0 Å². The van der Waals surface area contributed by atoms with Crippen LogP contribution in [-0.2, 0) is 0 Å². The first-order valence-corrected chi connectivity index (χ1v) is 2.94. The molecule has 2 aliphatic rings. The van der Waals surface area contributed by atoms with Crippen molar-refractivity contribution in [1.82, 2.24) is 0 Å². The quantitative estimate of drug-likeness (QED) is 0.513. The van der Waals surface area contributed by atoms with Gasteiger partial charge in [-0.05, 0) is 31.1 Å². The van der Waals surface area contributed by atoms with E-state index in [1.807, 2.05) is 6.92 Å². The van der Waals surface area contributed by atoms with Crippen LogP contribution in [0.3, 0.4) is 0 Å². The molecule has 0 heterocycles. The van der Waals surface area contributed by atoms with Gasteiger partial charge in [-0.3, -0.25) is 0 Å². The van der Waals surface area contributed by atoms with E-state index in [1.165, 1.54) is 12.8 Å². The van der Waals surface area contributed by atoms with Gasteiger partial charge in [0, 0.05) is 0 Å². The molecule has 2 aliphatic carbocycles. The highest BCUT2D eigenvalue weighted by Crippen LogP contribution is 2.76. The van der Waals surface area contributed by atoms with Gasteiger partial charge >= 0.3 is 0 Å². The fourth-order valence-corrected chi connectivity index (χ4v) is 1.42. The van der Waals surface area contributed by atoms with E-state index < -0.39 is 0 Å². The van der Waals surface area contributed by atoms with Crippen molar-refractivity contribution in [2.75, 3.05) is 0 Å². The summed E-state index contributed by atoms with van der Waals surface area (Å²) in [6, 6.07) is 0. The Balaban J connectivity index is 2.08. The first-order valence-electron chi connectivity index (χ1n) is 2.94. The summed E-state index contributed by atoms with van der Waals surface area (Å²) in [5, 5.41) is 8.99. The van der Waals surface area contributed by atoms with Crippen molar-refractivity contribution in [2.45, 2.75) is 25.9 Å². The summed E-state index contributed by atoms with van der Waals surface area (Å²) in [6.45, 7) is 1.91. The topological polar surface area (TPSA) is 20.2 Å². The van der Waals surface area contributed by atoms with Crippen molar-refractivity contribution >= 4 is 0 Å². The van der Waals surface area contributed by atoms with Gasteiger partial charge in [-0.2, -0.15) is 0 Å². The normalized spacial score (nSPS) is 58.3. The van der Waals surface area contributed by atoms with Crippen LogP contribution in [0.25, 0.3) is 0 Å². The van der Waals surface area contributed by atoms with Crippen LogP contribution in [0.5, 0.6) is 0 Å². The van der Waals surface area contributed by atoms with Crippen LogP contribution in [-0.4, -0.2) is 11.2 Å². The average Bonchev–Trinajstić information content (AvgIpc) is 2.04. The molecule has 2 fully saturated rings. The Labute approximate surface area is 43.3 Å². The van der Waals surface area contributed by atoms with Gasteiger partial charge in [-0.15, -0.1) is 0 Å². The molecule has 40 valence electrons. The molecule has 0 saturated heterocycles. The van der Waals surface area contributed by atoms with Crippen LogP contribution in [0.2, 0.25) is 0 Å². The first-order chi connectivity index (χ1) is 3.26. The fraction of sp³-hybridized carbons (Fsp3) is 1.00. The smallest absolute Gasteiger partial charge is 0.0571 e. The van der Waals surface area contributed by atoms with Crippen LogP contribution >= 0.6 is 0 Å². The van der Waals surface area contributed by atoms with E-state index in [4.69, 9.17) is 5.11 Å². The highest BCUT2D eigenvalue weighted by Gasteiger charge is 2.71. The van der Waals surface area contributed by atoms with Crippen LogP contribution in [0.15, 0.2) is 0 Å². The zero-order chi connectivity index (χ0) is 5.07. The number of fused-ring (bicyclic) bond motifs is 1. The van der Waals surface area contributed by atoms with Crippen LogP contribution in [0.4, 0.5) is 0 Å². The second-order valence-corrected chi connectivity index (χ2v) is 3.01. The molecule has 2 rings (SSSR count). The minimum atomic E-state index is -0.0162. The molecule has 0 bridgehead atoms. The van der Waals surface area contributed by atoms with Crippen LogP contribution in [0, 0.1) is 11.3 Å². The van der Waals surface area contributed by atoms with Gasteiger partial charge in [-0.1, -0.05) is 0 Å². The molecule has 0 radical (unpaired) electrons. The molecule has 0 aliphatic heterocycles. The molecule has 0 spiro atoms. The Bertz CT molecular complexity index is 101. The van der Waals surface area contributed by atoms with Gasteiger partial charge in [-0.25, -0.2) is 0 Å². The Kier molecular flexibility index (Phi) is 0.419. The van der Waals surface area contributed by atoms with Crippen molar-refractivity contribution in [3.8, 4) is 0 Å². The average molecular weight is 98.1 g/mol. The van der Waals surface area contributed by atoms with Crippen LogP contribution in [0.1, 0.15) is 19.8 Å². The number of hydrogen-bond acceptors (Lipinski definition) is 1. The number of aliphatic hydroxyl groups is 1. The lowest BCUT2D eigenvalue weighted by Crippen LogP contribution is -2.07. The fourth-order valence-electron chi connectivity index (χ4n) is 1.42. The summed E-state index contributed by atoms with van der Waals surface area (Å²) in [4.78, 5) is 0. The Morgan fingerprint density at radius 2 is 2.14 bits per heavy atom. The minimum absolute atomic E-state index is 0.0162. The minimum Gasteiger partial charge on any atom is -0.393 e. The van der Waals surface area contributed by atoms with Crippen LogP contribution < -0.4 is 0 Å². The largest absolute Gasteiger partial charge is 0.393 e. The standard InChI is InChI=1S/C6H10O/c1-4(7)6-2-5(6)3-6/h4-5,7H,2-3H2,1H3/t4-,5?,6?/m0/s1. The Morgan fingerprint density at radius 1 is 1.71 bits per heavy atom. The molecule has 0 aromatic carbocycles. The SMILES string of the molecule is C[C@H](O)C12CC1C2. The highest BCUT2D eigenvalue weighted by molar-refractivity contribution is 5.20. The molecular formula is C6H10O. The molecule has 0 amide bonds. The van der Waals surface area contributed by atoms with E-state index in [1.54, 1.807) is 0 Å². The third-order valence-electron chi connectivity index (χ3n) is 2.58. The molecule has 1 N–H and O–H groups in total. The summed E-state index contributed by atoms with van der Waals surface area (Å²) >= 11 is 0. The van der Waals surface area contributed by atoms with Gasteiger partial charge in [0.1, 0.15) is 0 Å². The van der Waals surface area contributed by atoms with E-state index in [2.05, 4.69) is 0 Å². The van der Waals surface area contributed by atoms with Gasteiger partial charge in [0.05, 0.1) is 6.10 Å². The predicted octanol–water partition coefficient (Wildman–Crippen LogP) is 0.777. The molecule has 7 heavy (non-hydrogen) atoms. The molecule has 1 atom stereocenters. The van der Waals surface area contributed by atoms with Gasteiger partial charge in [0.25, 0.3) is 0 Å². The van der Waals surface area contributed by atoms with E-state index >= 15 is 0 Å². The Hall–Kier alpha value is -0.0400. The van der Waals surface area contributed by atoms with Gasteiger partial charge in [0.2, 0.25) is 0 Å². The van der Waals surface area contributed by atoms with E-state index in [0.717, 1.165) is 5.92 Å². The maximum Gasteiger partial charge on any atom is 0.0571 e. The zero-order valence-electron chi connectivity index (χ0n) is 4.52. The molecule has 0 unspecified atom stereocenters. The lowest BCUT2D eigenvalue weighted by atomic mass is 10.1. The lowest BCUT2D eigenvalue weighted by molar-refractivity contribution is 0.142. The number of rotatable bonds is 1. The lowest BCUT2D eigenvalue weighted by Gasteiger charge is -2.03. The summed E-state index contributed by atoms with van der Waals surface area (Å²) in [5.41, 5.74) is 0.472.